The summed E-state index contributed by atoms with van der Waals surface area (Å²) in [5.74, 6) is 0. The molecule has 0 unspecified atom stereocenters. The van der Waals surface area contributed by atoms with Gasteiger partial charge >= 0.3 is 6.09 Å². The smallest absolute Gasteiger partial charge is 0.410 e. The van der Waals surface area contributed by atoms with E-state index in [0.717, 1.165) is 0 Å². The maximum Gasteiger partial charge on any atom is 0.410 e. The van der Waals surface area contributed by atoms with Gasteiger partial charge < -0.3 is 9.84 Å². The highest BCUT2D eigenvalue weighted by Crippen LogP contribution is 2.37. The molecule has 1 aromatic rings. The van der Waals surface area contributed by atoms with Gasteiger partial charge in [-0.1, -0.05) is 17.7 Å². The Labute approximate surface area is 115 Å². The Morgan fingerprint density at radius 2 is 2.26 bits per heavy atom. The molecule has 1 heterocycles. The number of hydrogen-bond acceptors (Lipinski definition) is 3. The second-order valence-electron chi connectivity index (χ2n) is 4.82. The minimum Gasteiger partial charge on any atom is -0.465 e. The van der Waals surface area contributed by atoms with E-state index < -0.39 is 17.9 Å². The van der Waals surface area contributed by atoms with Gasteiger partial charge in [0, 0.05) is 5.56 Å². The summed E-state index contributed by atoms with van der Waals surface area (Å²) >= 11 is 5.87. The van der Waals surface area contributed by atoms with E-state index in [1.807, 2.05) is 0 Å². The standard InChI is InChI=1S/C13H14ClNO4/c1-13(2)15(12(17)18)11(7-19-13)8-3-4-10(14)9(5-8)6-16/h3-6,11H,7H2,1-2H3,(H,17,18)/t11-/m1/s1. The molecule has 0 aliphatic carbocycles. The van der Waals surface area contributed by atoms with Crippen molar-refractivity contribution in [1.82, 2.24) is 4.90 Å². The van der Waals surface area contributed by atoms with Crippen molar-refractivity contribution in [2.45, 2.75) is 25.6 Å². The predicted molar refractivity (Wildman–Crippen MR) is 69.5 cm³/mol. The van der Waals surface area contributed by atoms with E-state index in [1.54, 1.807) is 32.0 Å². The van der Waals surface area contributed by atoms with Crippen LogP contribution in [0.5, 0.6) is 0 Å². The van der Waals surface area contributed by atoms with Crippen LogP contribution in [-0.4, -0.2) is 34.7 Å². The monoisotopic (exact) mass is 283 g/mol. The molecule has 19 heavy (non-hydrogen) atoms. The largest absolute Gasteiger partial charge is 0.465 e. The topological polar surface area (TPSA) is 66.8 Å². The highest BCUT2D eigenvalue weighted by molar-refractivity contribution is 6.32. The van der Waals surface area contributed by atoms with E-state index in [2.05, 4.69) is 0 Å². The van der Waals surface area contributed by atoms with Crippen molar-refractivity contribution in [1.29, 1.82) is 0 Å². The highest BCUT2D eigenvalue weighted by Gasteiger charge is 2.44. The quantitative estimate of drug-likeness (QED) is 0.848. The van der Waals surface area contributed by atoms with Crippen LogP contribution < -0.4 is 0 Å². The summed E-state index contributed by atoms with van der Waals surface area (Å²) in [6, 6.07) is 4.45. The van der Waals surface area contributed by atoms with Gasteiger partial charge in [0.1, 0.15) is 5.72 Å². The van der Waals surface area contributed by atoms with E-state index in [9.17, 15) is 14.7 Å². The summed E-state index contributed by atoms with van der Waals surface area (Å²) < 4.78 is 5.51. The Morgan fingerprint density at radius 1 is 1.58 bits per heavy atom. The lowest BCUT2D eigenvalue weighted by molar-refractivity contribution is -0.0420. The highest BCUT2D eigenvalue weighted by atomic mass is 35.5. The molecule has 1 aliphatic rings. The number of carboxylic acid groups (broad SMARTS) is 1. The number of rotatable bonds is 2. The lowest BCUT2D eigenvalue weighted by Crippen LogP contribution is -2.44. The average molecular weight is 284 g/mol. The molecule has 1 atom stereocenters. The molecule has 102 valence electrons. The van der Waals surface area contributed by atoms with Crippen molar-refractivity contribution in [2.24, 2.45) is 0 Å². The summed E-state index contributed by atoms with van der Waals surface area (Å²) in [4.78, 5) is 23.5. The van der Waals surface area contributed by atoms with Crippen LogP contribution in [0.1, 0.15) is 35.8 Å². The molecule has 0 saturated carbocycles. The summed E-state index contributed by atoms with van der Waals surface area (Å²) in [5, 5.41) is 9.66. The van der Waals surface area contributed by atoms with E-state index >= 15 is 0 Å². The zero-order chi connectivity index (χ0) is 14.2. The molecule has 6 heteroatoms. The first-order valence-corrected chi connectivity index (χ1v) is 6.15. The van der Waals surface area contributed by atoms with Gasteiger partial charge in [-0.05, 0) is 31.5 Å². The van der Waals surface area contributed by atoms with Crippen LogP contribution in [0.3, 0.4) is 0 Å². The van der Waals surface area contributed by atoms with E-state index in [1.165, 1.54) is 4.90 Å². The van der Waals surface area contributed by atoms with Gasteiger partial charge in [-0.15, -0.1) is 0 Å². The van der Waals surface area contributed by atoms with Crippen molar-refractivity contribution in [3.8, 4) is 0 Å². The van der Waals surface area contributed by atoms with Crippen LogP contribution >= 0.6 is 11.6 Å². The fourth-order valence-corrected chi connectivity index (χ4v) is 2.43. The second-order valence-corrected chi connectivity index (χ2v) is 5.23. The first kappa shape index (κ1) is 13.8. The van der Waals surface area contributed by atoms with Crippen molar-refractivity contribution >= 4 is 24.0 Å². The van der Waals surface area contributed by atoms with Crippen molar-refractivity contribution in [2.75, 3.05) is 6.61 Å². The van der Waals surface area contributed by atoms with Gasteiger partial charge in [-0.3, -0.25) is 9.69 Å². The lowest BCUT2D eigenvalue weighted by atomic mass is 10.0. The molecular weight excluding hydrogens is 270 g/mol. The Kier molecular flexibility index (Phi) is 3.52. The first-order chi connectivity index (χ1) is 8.86. The minimum absolute atomic E-state index is 0.249. The van der Waals surface area contributed by atoms with Crippen LogP contribution in [0.4, 0.5) is 4.79 Å². The van der Waals surface area contributed by atoms with Crippen molar-refractivity contribution < 1.29 is 19.4 Å². The van der Waals surface area contributed by atoms with E-state index in [0.29, 0.717) is 22.4 Å². The molecular formula is C13H14ClNO4. The summed E-state index contributed by atoms with van der Waals surface area (Å²) in [7, 11) is 0. The number of nitrogens with zero attached hydrogens (tertiary/aromatic N) is 1. The van der Waals surface area contributed by atoms with Crippen molar-refractivity contribution in [3.63, 3.8) is 0 Å². The third-order valence-corrected chi connectivity index (χ3v) is 3.57. The zero-order valence-electron chi connectivity index (χ0n) is 10.6. The van der Waals surface area contributed by atoms with Crippen LogP contribution in [-0.2, 0) is 4.74 Å². The minimum atomic E-state index is -1.06. The fraction of sp³-hybridized carbons (Fsp3) is 0.385. The molecule has 0 aromatic heterocycles. The molecule has 2 rings (SSSR count). The van der Waals surface area contributed by atoms with Gasteiger partial charge in [-0.25, -0.2) is 4.79 Å². The number of halogens is 1. The third kappa shape index (κ3) is 2.43. The van der Waals surface area contributed by atoms with Gasteiger partial charge in [0.05, 0.1) is 17.7 Å². The maximum absolute atomic E-state index is 11.4. The first-order valence-electron chi connectivity index (χ1n) is 5.77. The molecule has 1 amide bonds. The molecule has 1 N–H and O–H groups in total. The Bertz CT molecular complexity index is 529. The molecule has 1 saturated heterocycles. The predicted octanol–water partition coefficient (Wildman–Crippen LogP) is 2.94. The average Bonchev–Trinajstić information content (AvgIpc) is 2.65. The Morgan fingerprint density at radius 3 is 2.84 bits per heavy atom. The summed E-state index contributed by atoms with van der Waals surface area (Å²) in [6.07, 6.45) is -0.409. The number of benzene rings is 1. The lowest BCUT2D eigenvalue weighted by Gasteiger charge is -2.31. The molecule has 1 fully saturated rings. The number of hydrogen-bond donors (Lipinski definition) is 1. The third-order valence-electron chi connectivity index (χ3n) is 3.22. The van der Waals surface area contributed by atoms with E-state index in [4.69, 9.17) is 16.3 Å². The number of aldehydes is 1. The molecule has 1 aromatic carbocycles. The molecule has 5 nitrogen and oxygen atoms in total. The molecule has 0 bridgehead atoms. The number of amides is 1. The SMILES string of the molecule is CC1(C)OC[C@H](c2ccc(Cl)c(C=O)c2)N1C(=O)O. The van der Waals surface area contributed by atoms with Crippen LogP contribution in [0.15, 0.2) is 18.2 Å². The molecule has 0 spiro atoms. The van der Waals surface area contributed by atoms with Gasteiger partial charge in [0.2, 0.25) is 0 Å². The zero-order valence-corrected chi connectivity index (χ0v) is 11.3. The number of carbonyl (C=O) groups excluding carboxylic acids is 1. The second kappa shape index (κ2) is 4.83. The van der Waals surface area contributed by atoms with Gasteiger partial charge in [-0.2, -0.15) is 0 Å². The van der Waals surface area contributed by atoms with Gasteiger partial charge in [0.15, 0.2) is 6.29 Å². The van der Waals surface area contributed by atoms with E-state index in [-0.39, 0.29) is 6.61 Å². The molecule has 1 aliphatic heterocycles. The Balaban J connectivity index is 2.41. The van der Waals surface area contributed by atoms with Crippen LogP contribution in [0.25, 0.3) is 0 Å². The Hall–Kier alpha value is -1.59. The maximum atomic E-state index is 11.4. The number of ether oxygens (including phenoxy) is 1. The van der Waals surface area contributed by atoms with Crippen LogP contribution in [0, 0.1) is 0 Å². The number of carbonyl (C=O) groups is 2. The summed E-state index contributed by atoms with van der Waals surface area (Å²) in [5.41, 5.74) is 0.144. The summed E-state index contributed by atoms with van der Waals surface area (Å²) in [6.45, 7) is 3.63. The van der Waals surface area contributed by atoms with Crippen LogP contribution in [0.2, 0.25) is 5.02 Å². The van der Waals surface area contributed by atoms with Crippen molar-refractivity contribution in [3.05, 3.63) is 34.3 Å². The fourth-order valence-electron chi connectivity index (χ4n) is 2.27. The normalized spacial score (nSPS) is 21.4. The van der Waals surface area contributed by atoms with Gasteiger partial charge in [0.25, 0.3) is 0 Å². The molecule has 0 radical (unpaired) electrons.